The molecule has 2 aromatic rings. The fourth-order valence-corrected chi connectivity index (χ4v) is 2.79. The van der Waals surface area contributed by atoms with Crippen LogP contribution in [0.25, 0.3) is 0 Å². The molecule has 0 aromatic heterocycles. The minimum absolute atomic E-state index is 0.0725. The van der Waals surface area contributed by atoms with E-state index in [9.17, 15) is 18.8 Å². The molecule has 0 spiro atoms. The molecule has 3 amide bonds. The predicted molar refractivity (Wildman–Crippen MR) is 98.2 cm³/mol. The molecule has 1 aliphatic heterocycles. The van der Waals surface area contributed by atoms with Crippen LogP contribution in [-0.4, -0.2) is 31.4 Å². The highest BCUT2D eigenvalue weighted by atomic mass is 19.1. The van der Waals surface area contributed by atoms with Gasteiger partial charge in [0.2, 0.25) is 17.7 Å². The zero-order valence-corrected chi connectivity index (χ0v) is 14.6. The van der Waals surface area contributed by atoms with Gasteiger partial charge in [-0.15, -0.1) is 0 Å². The molecule has 0 saturated heterocycles. The Bertz CT molecular complexity index is 900. The number of hydrogen-bond acceptors (Lipinski definition) is 4. The van der Waals surface area contributed by atoms with Crippen molar-refractivity contribution in [1.82, 2.24) is 0 Å². The minimum Gasteiger partial charge on any atom is -0.494 e. The van der Waals surface area contributed by atoms with Gasteiger partial charge < -0.3 is 20.3 Å². The predicted octanol–water partition coefficient (Wildman–Crippen LogP) is 2.54. The third kappa shape index (κ3) is 4.22. The maximum Gasteiger partial charge on any atom is 0.244 e. The molecular weight excluding hydrogens is 353 g/mol. The fourth-order valence-electron chi connectivity index (χ4n) is 2.79. The van der Waals surface area contributed by atoms with Gasteiger partial charge in [-0.3, -0.25) is 14.4 Å². The van der Waals surface area contributed by atoms with E-state index in [1.165, 1.54) is 24.1 Å². The van der Waals surface area contributed by atoms with Gasteiger partial charge in [0, 0.05) is 18.9 Å². The Morgan fingerprint density at radius 1 is 1.22 bits per heavy atom. The molecule has 1 aliphatic rings. The number of fused-ring (bicyclic) bond motifs is 1. The van der Waals surface area contributed by atoms with E-state index in [0.717, 1.165) is 6.07 Å². The maximum atomic E-state index is 13.2. The molecule has 140 valence electrons. The molecule has 3 rings (SSSR count). The van der Waals surface area contributed by atoms with E-state index >= 15 is 0 Å². The number of carbonyl (C=O) groups is 3. The van der Waals surface area contributed by atoms with E-state index in [2.05, 4.69) is 10.6 Å². The van der Waals surface area contributed by atoms with Gasteiger partial charge in [0.1, 0.15) is 18.1 Å². The second-order valence-corrected chi connectivity index (χ2v) is 5.94. The first kappa shape index (κ1) is 18.4. The zero-order valence-electron chi connectivity index (χ0n) is 14.6. The SMILES string of the molecule is COc1cc(F)ccc1NC(=O)CCC(=O)N1CC(=O)Nc2ccccc21. The molecular formula is C19H18FN3O4. The van der Waals surface area contributed by atoms with E-state index in [-0.39, 0.29) is 37.0 Å². The van der Waals surface area contributed by atoms with Crippen molar-refractivity contribution in [2.45, 2.75) is 12.8 Å². The van der Waals surface area contributed by atoms with Gasteiger partial charge in [-0.25, -0.2) is 4.39 Å². The molecule has 0 fully saturated rings. The lowest BCUT2D eigenvalue weighted by atomic mass is 10.1. The van der Waals surface area contributed by atoms with Crippen molar-refractivity contribution in [3.63, 3.8) is 0 Å². The van der Waals surface area contributed by atoms with Crippen molar-refractivity contribution < 1.29 is 23.5 Å². The van der Waals surface area contributed by atoms with Crippen LogP contribution in [0.1, 0.15) is 12.8 Å². The lowest BCUT2D eigenvalue weighted by molar-refractivity contribution is -0.124. The normalized spacial score (nSPS) is 12.8. The largest absolute Gasteiger partial charge is 0.494 e. The van der Waals surface area contributed by atoms with Crippen molar-refractivity contribution in [1.29, 1.82) is 0 Å². The molecule has 0 radical (unpaired) electrons. The third-order valence-corrected chi connectivity index (χ3v) is 4.08. The summed E-state index contributed by atoms with van der Waals surface area (Å²) in [6.45, 7) is -0.0940. The Morgan fingerprint density at radius 3 is 2.78 bits per heavy atom. The van der Waals surface area contributed by atoms with E-state index in [0.29, 0.717) is 17.1 Å². The Labute approximate surface area is 155 Å². The number of halogens is 1. The molecule has 0 aliphatic carbocycles. The van der Waals surface area contributed by atoms with Crippen LogP contribution in [0.4, 0.5) is 21.5 Å². The van der Waals surface area contributed by atoms with Gasteiger partial charge in [-0.1, -0.05) is 12.1 Å². The summed E-state index contributed by atoms with van der Waals surface area (Å²) >= 11 is 0. The van der Waals surface area contributed by atoms with Crippen LogP contribution in [0.15, 0.2) is 42.5 Å². The Balaban J connectivity index is 1.63. The smallest absolute Gasteiger partial charge is 0.244 e. The summed E-state index contributed by atoms with van der Waals surface area (Å²) in [7, 11) is 1.37. The van der Waals surface area contributed by atoms with Gasteiger partial charge in [-0.05, 0) is 24.3 Å². The molecule has 0 atom stereocenters. The first-order chi connectivity index (χ1) is 13.0. The number of ether oxygens (including phenoxy) is 1. The molecule has 8 heteroatoms. The molecule has 0 saturated carbocycles. The number of nitrogens with one attached hydrogen (secondary N) is 2. The average molecular weight is 371 g/mol. The summed E-state index contributed by atoms with van der Waals surface area (Å²) in [6.07, 6.45) is -0.156. The Kier molecular flexibility index (Phi) is 5.35. The van der Waals surface area contributed by atoms with Gasteiger partial charge in [-0.2, -0.15) is 0 Å². The van der Waals surface area contributed by atoms with E-state index in [1.807, 2.05) is 0 Å². The van der Waals surface area contributed by atoms with E-state index < -0.39 is 11.7 Å². The summed E-state index contributed by atoms with van der Waals surface area (Å²) in [5.41, 5.74) is 1.48. The summed E-state index contributed by atoms with van der Waals surface area (Å²) in [5.74, 6) is -1.33. The number of hydrogen-bond donors (Lipinski definition) is 2. The second kappa shape index (κ2) is 7.86. The van der Waals surface area contributed by atoms with Crippen LogP contribution in [-0.2, 0) is 14.4 Å². The molecule has 27 heavy (non-hydrogen) atoms. The third-order valence-electron chi connectivity index (χ3n) is 4.08. The van der Waals surface area contributed by atoms with Crippen LogP contribution < -0.4 is 20.3 Å². The molecule has 0 bridgehead atoms. The number of anilines is 3. The maximum absolute atomic E-state index is 13.2. The van der Waals surface area contributed by atoms with Crippen LogP contribution in [0.3, 0.4) is 0 Å². The van der Waals surface area contributed by atoms with Crippen LogP contribution in [0, 0.1) is 5.82 Å². The fraction of sp³-hybridized carbons (Fsp3) is 0.211. The quantitative estimate of drug-likeness (QED) is 0.846. The molecule has 2 N–H and O–H groups in total. The number of nitrogens with zero attached hydrogens (tertiary/aromatic N) is 1. The topological polar surface area (TPSA) is 87.7 Å². The number of benzene rings is 2. The second-order valence-electron chi connectivity index (χ2n) is 5.94. The summed E-state index contributed by atoms with van der Waals surface area (Å²) in [5, 5.41) is 5.30. The van der Waals surface area contributed by atoms with E-state index in [4.69, 9.17) is 4.74 Å². The highest BCUT2D eigenvalue weighted by molar-refractivity contribution is 6.10. The van der Waals surface area contributed by atoms with Crippen molar-refractivity contribution in [3.8, 4) is 5.75 Å². The molecule has 7 nitrogen and oxygen atoms in total. The molecule has 0 unspecified atom stereocenters. The van der Waals surface area contributed by atoms with Gasteiger partial charge in [0.05, 0.1) is 24.2 Å². The highest BCUT2D eigenvalue weighted by Crippen LogP contribution is 2.29. The average Bonchev–Trinajstić information content (AvgIpc) is 2.66. The summed E-state index contributed by atoms with van der Waals surface area (Å²) in [6, 6.07) is 10.7. The first-order valence-corrected chi connectivity index (χ1v) is 8.30. The van der Waals surface area contributed by atoms with Crippen LogP contribution in [0.5, 0.6) is 5.75 Å². The van der Waals surface area contributed by atoms with Gasteiger partial charge >= 0.3 is 0 Å². The highest BCUT2D eigenvalue weighted by Gasteiger charge is 2.26. The van der Waals surface area contributed by atoms with E-state index in [1.54, 1.807) is 24.3 Å². The van der Waals surface area contributed by atoms with Gasteiger partial charge in [0.15, 0.2) is 0 Å². The monoisotopic (exact) mass is 371 g/mol. The Hall–Kier alpha value is -3.42. The number of amides is 3. The van der Waals surface area contributed by atoms with Crippen molar-refractivity contribution in [2.24, 2.45) is 0 Å². The first-order valence-electron chi connectivity index (χ1n) is 8.30. The zero-order chi connectivity index (χ0) is 19.4. The number of carbonyl (C=O) groups excluding carboxylic acids is 3. The van der Waals surface area contributed by atoms with Crippen molar-refractivity contribution >= 4 is 34.8 Å². The number of methoxy groups -OCH3 is 1. The molecule has 2 aromatic carbocycles. The lowest BCUT2D eigenvalue weighted by Crippen LogP contribution is -2.42. The van der Waals surface area contributed by atoms with Crippen molar-refractivity contribution in [2.75, 3.05) is 29.2 Å². The van der Waals surface area contributed by atoms with Crippen LogP contribution in [0.2, 0.25) is 0 Å². The van der Waals surface area contributed by atoms with Crippen molar-refractivity contribution in [3.05, 3.63) is 48.3 Å². The van der Waals surface area contributed by atoms with Gasteiger partial charge in [0.25, 0.3) is 0 Å². The number of para-hydroxylation sites is 2. The Morgan fingerprint density at radius 2 is 2.00 bits per heavy atom. The van der Waals surface area contributed by atoms with Crippen LogP contribution >= 0.6 is 0 Å². The standard InChI is InChI=1S/C19H18FN3O4/c1-27-16-10-12(20)6-7-14(16)22-17(24)8-9-19(26)23-11-18(25)21-13-4-2-3-5-15(13)23/h2-7,10H,8-9,11H2,1H3,(H,21,25)(H,22,24). The summed E-state index contributed by atoms with van der Waals surface area (Å²) < 4.78 is 18.2. The minimum atomic E-state index is -0.484. The molecule has 1 heterocycles. The summed E-state index contributed by atoms with van der Waals surface area (Å²) in [4.78, 5) is 37.8. The lowest BCUT2D eigenvalue weighted by Gasteiger charge is -2.29. The number of rotatable bonds is 5.